The van der Waals surface area contributed by atoms with Crippen LogP contribution in [0.2, 0.25) is 0 Å². The van der Waals surface area contributed by atoms with Crippen molar-refractivity contribution in [3.8, 4) is 5.69 Å². The summed E-state index contributed by atoms with van der Waals surface area (Å²) >= 11 is 0. The molecule has 210 valence electrons. The molecule has 41 heavy (non-hydrogen) atoms. The van der Waals surface area contributed by atoms with Gasteiger partial charge in [-0.3, -0.25) is 9.59 Å². The third kappa shape index (κ3) is 6.90. The van der Waals surface area contributed by atoms with Gasteiger partial charge in [-0.1, -0.05) is 55.7 Å². The largest absolute Gasteiger partial charge is 0.478 e. The van der Waals surface area contributed by atoms with Crippen molar-refractivity contribution in [1.82, 2.24) is 15.1 Å². The van der Waals surface area contributed by atoms with Crippen LogP contribution in [0, 0.1) is 0 Å². The highest BCUT2D eigenvalue weighted by Gasteiger charge is 2.24. The number of hydrogen-bond acceptors (Lipinski definition) is 4. The maximum Gasteiger partial charge on any atom is 0.328 e. The van der Waals surface area contributed by atoms with Gasteiger partial charge in [-0.25, -0.2) is 9.48 Å². The van der Waals surface area contributed by atoms with Crippen LogP contribution < -0.4 is 10.6 Å². The molecule has 3 aromatic carbocycles. The lowest BCUT2D eigenvalue weighted by molar-refractivity contribution is -0.131. The number of carboxylic acid groups (broad SMARTS) is 1. The molecule has 0 bridgehead atoms. The van der Waals surface area contributed by atoms with Gasteiger partial charge in [0.25, 0.3) is 5.91 Å². The Labute approximate surface area is 239 Å². The Morgan fingerprint density at radius 3 is 2.44 bits per heavy atom. The van der Waals surface area contributed by atoms with Crippen LogP contribution in [0.5, 0.6) is 0 Å². The highest BCUT2D eigenvalue weighted by Crippen LogP contribution is 2.38. The van der Waals surface area contributed by atoms with E-state index in [4.69, 9.17) is 10.2 Å². The number of aromatic nitrogens is 2. The molecule has 1 saturated carbocycles. The van der Waals surface area contributed by atoms with Crippen molar-refractivity contribution in [2.75, 3.05) is 5.32 Å². The second-order valence-electron chi connectivity index (χ2n) is 10.6. The molecule has 1 fully saturated rings. The lowest BCUT2D eigenvalue weighted by Gasteiger charge is -2.23. The Bertz CT molecular complexity index is 1570. The normalized spacial score (nSPS) is 14.7. The average Bonchev–Trinajstić information content (AvgIpc) is 3.36. The van der Waals surface area contributed by atoms with Gasteiger partial charge >= 0.3 is 5.97 Å². The van der Waals surface area contributed by atoms with Gasteiger partial charge < -0.3 is 15.7 Å². The summed E-state index contributed by atoms with van der Waals surface area (Å²) in [5, 5.41) is 20.5. The van der Waals surface area contributed by atoms with Gasteiger partial charge in [-0.15, -0.1) is 0 Å². The summed E-state index contributed by atoms with van der Waals surface area (Å²) in [6.45, 7) is 1.79. The first-order valence-corrected chi connectivity index (χ1v) is 14.1. The summed E-state index contributed by atoms with van der Waals surface area (Å²) in [5.41, 5.74) is 4.82. The molecular formula is C33H34N4O4. The number of carbonyl (C=O) groups excluding carboxylic acids is 2. The zero-order chi connectivity index (χ0) is 28.8. The molecule has 1 aromatic heterocycles. The average molecular weight is 551 g/mol. The second-order valence-corrected chi connectivity index (χ2v) is 10.6. The number of aliphatic carboxylic acids is 1. The van der Waals surface area contributed by atoms with E-state index in [-0.39, 0.29) is 18.2 Å². The quantitative estimate of drug-likeness (QED) is 0.211. The molecule has 2 amide bonds. The minimum Gasteiger partial charge on any atom is -0.478 e. The van der Waals surface area contributed by atoms with Crippen LogP contribution in [-0.2, 0) is 9.59 Å². The maximum absolute atomic E-state index is 13.1. The van der Waals surface area contributed by atoms with E-state index < -0.39 is 12.0 Å². The van der Waals surface area contributed by atoms with Crippen molar-refractivity contribution in [3.05, 3.63) is 95.7 Å². The third-order valence-electron chi connectivity index (χ3n) is 7.45. The number of benzene rings is 3. The number of rotatable bonds is 9. The molecule has 1 heterocycles. The molecule has 8 nitrogen and oxygen atoms in total. The summed E-state index contributed by atoms with van der Waals surface area (Å²) in [6, 6.07) is 22.3. The molecule has 0 saturated heterocycles. The van der Waals surface area contributed by atoms with E-state index in [1.807, 2.05) is 41.1 Å². The van der Waals surface area contributed by atoms with Crippen molar-refractivity contribution in [2.45, 2.75) is 57.4 Å². The first kappa shape index (κ1) is 27.8. The van der Waals surface area contributed by atoms with Crippen molar-refractivity contribution < 1.29 is 19.5 Å². The molecule has 8 heteroatoms. The summed E-state index contributed by atoms with van der Waals surface area (Å²) in [7, 11) is 0. The number of carboxylic acids is 1. The molecule has 1 atom stereocenters. The van der Waals surface area contributed by atoms with Crippen LogP contribution in [0.3, 0.4) is 0 Å². The number of amides is 2. The predicted octanol–water partition coefficient (Wildman–Crippen LogP) is 6.32. The monoisotopic (exact) mass is 550 g/mol. The van der Waals surface area contributed by atoms with Crippen molar-refractivity contribution >= 4 is 40.4 Å². The lowest BCUT2D eigenvalue weighted by atomic mass is 9.85. The van der Waals surface area contributed by atoms with Crippen LogP contribution in [0.4, 0.5) is 5.69 Å². The van der Waals surface area contributed by atoms with Crippen LogP contribution in [0.25, 0.3) is 22.7 Å². The molecule has 0 aliphatic heterocycles. The van der Waals surface area contributed by atoms with E-state index in [1.54, 1.807) is 31.2 Å². The maximum atomic E-state index is 13.1. The van der Waals surface area contributed by atoms with Gasteiger partial charge in [0.15, 0.2) is 0 Å². The zero-order valence-corrected chi connectivity index (χ0v) is 23.0. The van der Waals surface area contributed by atoms with Crippen LogP contribution in [0.15, 0.2) is 78.9 Å². The molecular weight excluding hydrogens is 516 g/mol. The lowest BCUT2D eigenvalue weighted by Crippen LogP contribution is -2.35. The number of nitrogens with one attached hydrogen (secondary N) is 2. The van der Waals surface area contributed by atoms with E-state index in [1.165, 1.54) is 31.0 Å². The summed E-state index contributed by atoms with van der Waals surface area (Å²) in [5.74, 6) is -1.08. The third-order valence-corrected chi connectivity index (χ3v) is 7.45. The number of nitrogens with zero attached hydrogens (tertiary/aromatic N) is 2. The molecule has 3 N–H and O–H groups in total. The predicted molar refractivity (Wildman–Crippen MR) is 160 cm³/mol. The molecule has 1 aliphatic carbocycles. The fourth-order valence-electron chi connectivity index (χ4n) is 5.48. The van der Waals surface area contributed by atoms with Crippen LogP contribution in [-0.4, -0.2) is 38.7 Å². The van der Waals surface area contributed by atoms with Crippen molar-refractivity contribution in [2.24, 2.45) is 0 Å². The van der Waals surface area contributed by atoms with Gasteiger partial charge in [-0.2, -0.15) is 5.10 Å². The number of hydrogen-bond donors (Lipinski definition) is 3. The topological polar surface area (TPSA) is 113 Å². The molecule has 0 spiro atoms. The van der Waals surface area contributed by atoms with Crippen LogP contribution in [0.1, 0.15) is 73.0 Å². The molecule has 5 rings (SSSR count). The highest BCUT2D eigenvalue weighted by molar-refractivity contribution is 5.99. The minimum absolute atomic E-state index is 0.100. The Morgan fingerprint density at radius 1 is 1.00 bits per heavy atom. The fourth-order valence-corrected chi connectivity index (χ4v) is 5.48. The van der Waals surface area contributed by atoms with Crippen molar-refractivity contribution in [1.29, 1.82) is 0 Å². The highest BCUT2D eigenvalue weighted by atomic mass is 16.4. The van der Waals surface area contributed by atoms with E-state index in [0.29, 0.717) is 22.7 Å². The van der Waals surface area contributed by atoms with Gasteiger partial charge in [0.1, 0.15) is 0 Å². The summed E-state index contributed by atoms with van der Waals surface area (Å²) in [6.07, 6.45) is 8.62. The first-order chi connectivity index (χ1) is 19.9. The number of anilines is 1. The van der Waals surface area contributed by atoms with E-state index in [9.17, 15) is 14.4 Å². The molecule has 0 radical (unpaired) electrons. The molecule has 4 aromatic rings. The number of para-hydroxylation sites is 1. The van der Waals surface area contributed by atoms with Crippen LogP contribution >= 0.6 is 0 Å². The number of fused-ring (bicyclic) bond motifs is 1. The Hall–Kier alpha value is -4.72. The van der Waals surface area contributed by atoms with Crippen molar-refractivity contribution in [3.63, 3.8) is 0 Å². The van der Waals surface area contributed by atoms with E-state index in [0.717, 1.165) is 35.5 Å². The SMILES string of the molecule is C[C@H](CC(=O)Nc1ccc(/C=C/C(=O)O)cc1)NC(=O)c1ccc2c(C3CCCCC3)n(-c3ccccc3)nc2c1. The smallest absolute Gasteiger partial charge is 0.328 e. The summed E-state index contributed by atoms with van der Waals surface area (Å²) in [4.78, 5) is 36.4. The number of carbonyl (C=O) groups is 3. The van der Waals surface area contributed by atoms with Gasteiger partial charge in [0.2, 0.25) is 5.91 Å². The first-order valence-electron chi connectivity index (χ1n) is 14.1. The van der Waals surface area contributed by atoms with Gasteiger partial charge in [-0.05, 0) is 67.8 Å². The Balaban J connectivity index is 1.26. The van der Waals surface area contributed by atoms with E-state index in [2.05, 4.69) is 22.8 Å². The summed E-state index contributed by atoms with van der Waals surface area (Å²) < 4.78 is 2.05. The Kier molecular flexibility index (Phi) is 8.58. The Morgan fingerprint density at radius 2 is 1.73 bits per heavy atom. The standard InChI is InChI=1S/C33H34N4O4/c1-22(20-30(38)35-26-16-12-23(13-17-26)14-19-31(39)40)34-33(41)25-15-18-28-29(21-25)36-37(27-10-6-3-7-11-27)32(28)24-8-4-2-5-9-24/h3,6-7,10-19,21-22,24H,2,4-5,8-9,20H2,1H3,(H,34,41)(H,35,38)(H,39,40)/b19-14+/t22-/m1/s1. The molecule has 0 unspecified atom stereocenters. The fraction of sp³-hybridized carbons (Fsp3) is 0.273. The molecule has 1 aliphatic rings. The minimum atomic E-state index is -1.02. The van der Waals surface area contributed by atoms with Gasteiger partial charge in [0.05, 0.1) is 16.9 Å². The van der Waals surface area contributed by atoms with E-state index >= 15 is 0 Å². The zero-order valence-electron chi connectivity index (χ0n) is 23.0. The van der Waals surface area contributed by atoms with Gasteiger partial charge in [0, 0.05) is 41.1 Å². The second kappa shape index (κ2) is 12.6.